The number of anilines is 1. The largest absolute Gasteiger partial charge is 0.376 e. The highest BCUT2D eigenvalue weighted by Crippen LogP contribution is 2.39. The molecule has 0 aliphatic carbocycles. The van der Waals surface area contributed by atoms with Crippen molar-refractivity contribution in [2.75, 3.05) is 38.7 Å². The number of amides is 1. The summed E-state index contributed by atoms with van der Waals surface area (Å²) >= 11 is 0. The maximum absolute atomic E-state index is 12.8. The second-order valence-electron chi connectivity index (χ2n) is 7.05. The zero-order chi connectivity index (χ0) is 17.4. The fourth-order valence-corrected chi connectivity index (χ4v) is 3.72. The molecule has 2 aromatic rings. The van der Waals surface area contributed by atoms with Crippen LogP contribution >= 0.6 is 0 Å². The highest BCUT2D eigenvalue weighted by Gasteiger charge is 2.46. The maximum Gasteiger partial charge on any atom is 0.253 e. The SMILES string of the molecule is CN(C)c1ncc2c(n1)C1(CCN(C(=O)c3ccccc3)C1)COC2. The van der Waals surface area contributed by atoms with Crippen LogP contribution in [-0.4, -0.2) is 54.6 Å². The topological polar surface area (TPSA) is 58.6 Å². The van der Waals surface area contributed by atoms with Crippen LogP contribution in [0.2, 0.25) is 0 Å². The van der Waals surface area contributed by atoms with Crippen LogP contribution in [0.3, 0.4) is 0 Å². The van der Waals surface area contributed by atoms with Gasteiger partial charge in [-0.15, -0.1) is 0 Å². The van der Waals surface area contributed by atoms with Gasteiger partial charge in [0.25, 0.3) is 5.91 Å². The first kappa shape index (κ1) is 16.0. The van der Waals surface area contributed by atoms with E-state index < -0.39 is 0 Å². The molecule has 0 N–H and O–H groups in total. The van der Waals surface area contributed by atoms with Crippen molar-refractivity contribution in [1.82, 2.24) is 14.9 Å². The Hall–Kier alpha value is -2.47. The molecule has 0 bridgehead atoms. The average Bonchev–Trinajstić information content (AvgIpc) is 3.06. The first-order chi connectivity index (χ1) is 12.1. The molecule has 3 heterocycles. The molecule has 4 rings (SSSR count). The number of hydrogen-bond donors (Lipinski definition) is 0. The van der Waals surface area contributed by atoms with Crippen molar-refractivity contribution in [1.29, 1.82) is 0 Å². The number of hydrogen-bond acceptors (Lipinski definition) is 5. The predicted molar refractivity (Wildman–Crippen MR) is 94.7 cm³/mol. The number of likely N-dealkylation sites (tertiary alicyclic amines) is 1. The lowest BCUT2D eigenvalue weighted by Crippen LogP contribution is -2.42. The second-order valence-corrected chi connectivity index (χ2v) is 7.05. The van der Waals surface area contributed by atoms with Gasteiger partial charge in [-0.05, 0) is 18.6 Å². The molecule has 0 radical (unpaired) electrons. The summed E-state index contributed by atoms with van der Waals surface area (Å²) in [5.74, 6) is 0.777. The summed E-state index contributed by atoms with van der Waals surface area (Å²) in [5, 5.41) is 0. The van der Waals surface area contributed by atoms with E-state index in [4.69, 9.17) is 9.72 Å². The summed E-state index contributed by atoms with van der Waals surface area (Å²) in [4.78, 5) is 25.8. The van der Waals surface area contributed by atoms with Crippen molar-refractivity contribution in [3.8, 4) is 0 Å². The minimum absolute atomic E-state index is 0.0755. The fourth-order valence-electron chi connectivity index (χ4n) is 3.72. The van der Waals surface area contributed by atoms with Crippen molar-refractivity contribution in [2.24, 2.45) is 0 Å². The highest BCUT2D eigenvalue weighted by molar-refractivity contribution is 5.94. The van der Waals surface area contributed by atoms with Crippen LogP contribution in [0.15, 0.2) is 36.5 Å². The molecule has 1 amide bonds. The van der Waals surface area contributed by atoms with Gasteiger partial charge in [0.2, 0.25) is 5.95 Å². The fraction of sp³-hybridized carbons (Fsp3) is 0.421. The standard InChI is InChI=1S/C19H22N4O2/c1-22(2)18-20-10-15-11-25-13-19(16(15)21-18)8-9-23(12-19)17(24)14-6-4-3-5-7-14/h3-7,10H,8-9,11-13H2,1-2H3. The van der Waals surface area contributed by atoms with Gasteiger partial charge >= 0.3 is 0 Å². The smallest absolute Gasteiger partial charge is 0.253 e. The second kappa shape index (κ2) is 6.11. The lowest BCUT2D eigenvalue weighted by Gasteiger charge is -2.34. The molecule has 1 aromatic carbocycles. The third-order valence-corrected chi connectivity index (χ3v) is 5.05. The van der Waals surface area contributed by atoms with Gasteiger partial charge in [0.1, 0.15) is 0 Å². The molecule has 1 unspecified atom stereocenters. The molecule has 6 heteroatoms. The number of ether oxygens (including phenoxy) is 1. The maximum atomic E-state index is 12.8. The van der Waals surface area contributed by atoms with Gasteiger partial charge in [0.05, 0.1) is 24.3 Å². The van der Waals surface area contributed by atoms with Crippen LogP contribution < -0.4 is 4.90 Å². The molecule has 2 aliphatic heterocycles. The van der Waals surface area contributed by atoms with Crippen LogP contribution in [0.1, 0.15) is 28.0 Å². The highest BCUT2D eigenvalue weighted by atomic mass is 16.5. The lowest BCUT2D eigenvalue weighted by molar-refractivity contribution is 0.0485. The molecule has 1 aromatic heterocycles. The zero-order valence-corrected chi connectivity index (χ0v) is 14.6. The van der Waals surface area contributed by atoms with Gasteiger partial charge in [-0.2, -0.15) is 0 Å². The number of carbonyl (C=O) groups is 1. The Morgan fingerprint density at radius 1 is 1.28 bits per heavy atom. The first-order valence-electron chi connectivity index (χ1n) is 8.55. The Morgan fingerprint density at radius 3 is 2.84 bits per heavy atom. The van der Waals surface area contributed by atoms with Crippen molar-refractivity contribution in [2.45, 2.75) is 18.4 Å². The molecule has 2 aliphatic rings. The monoisotopic (exact) mass is 338 g/mol. The predicted octanol–water partition coefficient (Wildman–Crippen LogP) is 1.86. The zero-order valence-electron chi connectivity index (χ0n) is 14.6. The number of benzene rings is 1. The van der Waals surface area contributed by atoms with Crippen molar-refractivity contribution in [3.05, 3.63) is 53.3 Å². The van der Waals surface area contributed by atoms with E-state index in [0.29, 0.717) is 25.7 Å². The van der Waals surface area contributed by atoms with Crippen LogP contribution in [-0.2, 0) is 16.8 Å². The Morgan fingerprint density at radius 2 is 2.08 bits per heavy atom. The molecular weight excluding hydrogens is 316 g/mol. The lowest BCUT2D eigenvalue weighted by atomic mass is 9.80. The Balaban J connectivity index is 1.65. The van der Waals surface area contributed by atoms with E-state index in [-0.39, 0.29) is 11.3 Å². The Labute approximate surface area is 147 Å². The first-order valence-corrected chi connectivity index (χ1v) is 8.55. The quantitative estimate of drug-likeness (QED) is 0.836. The van der Waals surface area contributed by atoms with Gasteiger partial charge in [0.15, 0.2) is 0 Å². The van der Waals surface area contributed by atoms with Gasteiger partial charge in [-0.3, -0.25) is 4.79 Å². The summed E-state index contributed by atoms with van der Waals surface area (Å²) in [6, 6.07) is 9.45. The molecule has 1 saturated heterocycles. The number of nitrogens with zero attached hydrogens (tertiary/aromatic N) is 4. The molecule has 1 spiro atoms. The molecule has 6 nitrogen and oxygen atoms in total. The van der Waals surface area contributed by atoms with E-state index in [1.807, 2.05) is 60.4 Å². The summed E-state index contributed by atoms with van der Waals surface area (Å²) in [6.07, 6.45) is 2.72. The summed E-state index contributed by atoms with van der Waals surface area (Å²) in [7, 11) is 3.88. The number of rotatable bonds is 2. The molecule has 1 fully saturated rings. The summed E-state index contributed by atoms with van der Waals surface area (Å²) < 4.78 is 5.84. The van der Waals surface area contributed by atoms with E-state index in [1.165, 1.54) is 0 Å². The normalized spacial score (nSPS) is 22.1. The van der Waals surface area contributed by atoms with E-state index in [1.54, 1.807) is 0 Å². The van der Waals surface area contributed by atoms with Crippen molar-refractivity contribution >= 4 is 11.9 Å². The molecule has 25 heavy (non-hydrogen) atoms. The van der Waals surface area contributed by atoms with E-state index in [2.05, 4.69) is 4.98 Å². The minimum Gasteiger partial charge on any atom is -0.376 e. The number of aromatic nitrogens is 2. The Bertz CT molecular complexity index is 793. The van der Waals surface area contributed by atoms with Gasteiger partial charge in [-0.1, -0.05) is 18.2 Å². The minimum atomic E-state index is -0.230. The van der Waals surface area contributed by atoms with Gasteiger partial charge in [-0.25, -0.2) is 9.97 Å². The molecule has 0 saturated carbocycles. The van der Waals surface area contributed by atoms with E-state index in [0.717, 1.165) is 29.8 Å². The van der Waals surface area contributed by atoms with Crippen LogP contribution in [0.5, 0.6) is 0 Å². The van der Waals surface area contributed by atoms with Crippen LogP contribution in [0.25, 0.3) is 0 Å². The van der Waals surface area contributed by atoms with Gasteiger partial charge < -0.3 is 14.5 Å². The van der Waals surface area contributed by atoms with Crippen molar-refractivity contribution < 1.29 is 9.53 Å². The Kier molecular flexibility index (Phi) is 3.92. The average molecular weight is 338 g/mol. The van der Waals surface area contributed by atoms with E-state index in [9.17, 15) is 4.79 Å². The van der Waals surface area contributed by atoms with Crippen molar-refractivity contribution in [3.63, 3.8) is 0 Å². The number of carbonyl (C=O) groups excluding carboxylic acids is 1. The molecular formula is C19H22N4O2. The molecule has 1 atom stereocenters. The third kappa shape index (κ3) is 2.76. The molecule has 130 valence electrons. The van der Waals surface area contributed by atoms with Crippen LogP contribution in [0, 0.1) is 0 Å². The van der Waals surface area contributed by atoms with E-state index >= 15 is 0 Å². The summed E-state index contributed by atoms with van der Waals surface area (Å²) in [6.45, 7) is 2.50. The number of fused-ring (bicyclic) bond motifs is 2. The summed E-state index contributed by atoms with van der Waals surface area (Å²) in [5.41, 5.74) is 2.57. The van der Waals surface area contributed by atoms with Gasteiger partial charge in [0, 0.05) is 44.5 Å². The van der Waals surface area contributed by atoms with Crippen LogP contribution in [0.4, 0.5) is 5.95 Å². The third-order valence-electron chi connectivity index (χ3n) is 5.05.